The Hall–Kier alpha value is -3.76. The number of nitrogens with one attached hydrogen (secondary N) is 4. The molecule has 1 spiro atoms. The zero-order valence-corrected chi connectivity index (χ0v) is 21.6. The fourth-order valence-electron chi connectivity index (χ4n) is 5.91. The summed E-state index contributed by atoms with van der Waals surface area (Å²) in [7, 11) is 0. The molecule has 4 fully saturated rings. The molecule has 1 aromatic carbocycles. The number of aromatic nitrogens is 1. The lowest BCUT2D eigenvalue weighted by Gasteiger charge is -2.39. The Bertz CT molecular complexity index is 1360. The number of hydrogen-bond donors (Lipinski definition) is 4. The summed E-state index contributed by atoms with van der Waals surface area (Å²) < 4.78 is 13.7. The molecule has 2 aliphatic heterocycles. The second kappa shape index (κ2) is 9.77. The predicted octanol–water partition coefficient (Wildman–Crippen LogP) is 1.55. The molecule has 39 heavy (non-hydrogen) atoms. The van der Waals surface area contributed by atoms with Crippen LogP contribution in [0.4, 0.5) is 4.39 Å². The van der Waals surface area contributed by atoms with Crippen LogP contribution in [0.25, 0.3) is 10.9 Å². The third-order valence-corrected chi connectivity index (χ3v) is 8.67. The van der Waals surface area contributed by atoms with Crippen LogP contribution in [0.2, 0.25) is 0 Å². The minimum absolute atomic E-state index is 0.00342. The Morgan fingerprint density at radius 1 is 1.10 bits per heavy atom. The van der Waals surface area contributed by atoms with Gasteiger partial charge in [0, 0.05) is 36.0 Å². The van der Waals surface area contributed by atoms with E-state index in [0.29, 0.717) is 36.8 Å². The summed E-state index contributed by atoms with van der Waals surface area (Å²) in [5, 5.41) is 8.72. The summed E-state index contributed by atoms with van der Waals surface area (Å²) >= 11 is 0. The molecular weight excluding hydrogens is 505 g/mol. The van der Waals surface area contributed by atoms with Gasteiger partial charge >= 0.3 is 0 Å². The summed E-state index contributed by atoms with van der Waals surface area (Å²) in [6, 6.07) is 3.74. The number of H-pyrrole nitrogens is 1. The number of fused-ring (bicyclic) bond motifs is 1. The van der Waals surface area contributed by atoms with Gasteiger partial charge in [0.2, 0.25) is 17.6 Å². The number of rotatable bonds is 8. The van der Waals surface area contributed by atoms with Crippen LogP contribution in [0.3, 0.4) is 0 Å². The topological polar surface area (TPSA) is 140 Å². The predicted molar refractivity (Wildman–Crippen MR) is 138 cm³/mol. The summed E-state index contributed by atoms with van der Waals surface area (Å²) in [6.45, 7) is 0.848. The van der Waals surface area contributed by atoms with Crippen molar-refractivity contribution in [2.24, 2.45) is 11.3 Å². The van der Waals surface area contributed by atoms with Crippen molar-refractivity contribution < 1.29 is 28.4 Å². The molecule has 3 atom stereocenters. The van der Waals surface area contributed by atoms with Crippen LogP contribution in [0.5, 0.6) is 0 Å². The number of carbonyl (C=O) groups is 5. The summed E-state index contributed by atoms with van der Waals surface area (Å²) in [5.41, 5.74) is 0.856. The van der Waals surface area contributed by atoms with E-state index in [4.69, 9.17) is 0 Å². The molecule has 206 valence electrons. The van der Waals surface area contributed by atoms with Crippen molar-refractivity contribution in [2.75, 3.05) is 13.1 Å². The minimum Gasteiger partial charge on any atom is -0.356 e. The molecule has 4 amide bonds. The number of likely N-dealkylation sites (tertiary alicyclic amines) is 1. The Balaban J connectivity index is 1.23. The summed E-state index contributed by atoms with van der Waals surface area (Å²) in [5.74, 6) is -3.53. The van der Waals surface area contributed by atoms with Crippen LogP contribution in [-0.2, 0) is 19.2 Å². The number of carbonyl (C=O) groups excluding carboxylic acids is 5. The second-order valence-corrected chi connectivity index (χ2v) is 11.6. The van der Waals surface area contributed by atoms with Gasteiger partial charge in [0.15, 0.2) is 0 Å². The van der Waals surface area contributed by atoms with Crippen molar-refractivity contribution >= 4 is 40.3 Å². The Morgan fingerprint density at radius 3 is 2.59 bits per heavy atom. The maximum Gasteiger partial charge on any atom is 0.289 e. The van der Waals surface area contributed by atoms with E-state index >= 15 is 0 Å². The fourth-order valence-corrected chi connectivity index (χ4v) is 5.91. The van der Waals surface area contributed by atoms with Gasteiger partial charge in [-0.05, 0) is 81.0 Å². The number of piperidine rings is 1. The highest BCUT2D eigenvalue weighted by Gasteiger charge is 2.51. The van der Waals surface area contributed by atoms with Crippen molar-refractivity contribution in [2.45, 2.75) is 69.5 Å². The quantitative estimate of drug-likeness (QED) is 0.378. The minimum atomic E-state index is -1.17. The fraction of sp³-hybridized carbons (Fsp3) is 0.536. The SMILES string of the molecule is O=C(NC1CC1)C(=O)C(CC1CCNC1=O)NC(=O)C1CC2(CCN1C(=O)c1cc3cc(F)ccc3[nH]1)CC2. The first kappa shape index (κ1) is 25.5. The van der Waals surface area contributed by atoms with Gasteiger partial charge in [-0.15, -0.1) is 0 Å². The van der Waals surface area contributed by atoms with Crippen LogP contribution in [0.15, 0.2) is 24.3 Å². The molecular formula is C28H32FN5O5. The molecule has 2 saturated carbocycles. The highest BCUT2D eigenvalue weighted by Crippen LogP contribution is 2.55. The maximum absolute atomic E-state index is 13.8. The first-order valence-electron chi connectivity index (χ1n) is 13.7. The molecule has 1 aromatic heterocycles. The molecule has 2 aromatic rings. The molecule has 4 N–H and O–H groups in total. The molecule has 0 bridgehead atoms. The van der Waals surface area contributed by atoms with Crippen molar-refractivity contribution in [1.82, 2.24) is 25.8 Å². The van der Waals surface area contributed by atoms with Crippen LogP contribution < -0.4 is 16.0 Å². The number of ketones is 1. The van der Waals surface area contributed by atoms with E-state index in [-0.39, 0.29) is 35.4 Å². The number of benzene rings is 1. The van der Waals surface area contributed by atoms with Gasteiger partial charge in [-0.25, -0.2) is 4.39 Å². The first-order chi connectivity index (χ1) is 18.7. The number of halogens is 1. The highest BCUT2D eigenvalue weighted by atomic mass is 19.1. The molecule has 4 aliphatic rings. The second-order valence-electron chi connectivity index (χ2n) is 11.6. The van der Waals surface area contributed by atoms with E-state index < -0.39 is 41.4 Å². The molecule has 10 nitrogen and oxygen atoms in total. The van der Waals surface area contributed by atoms with Gasteiger partial charge in [0.1, 0.15) is 17.6 Å². The monoisotopic (exact) mass is 537 g/mol. The molecule has 11 heteroatoms. The molecule has 0 radical (unpaired) electrons. The average Bonchev–Trinajstić information content (AvgIpc) is 3.80. The van der Waals surface area contributed by atoms with E-state index in [1.807, 2.05) is 0 Å². The van der Waals surface area contributed by atoms with Crippen molar-refractivity contribution in [3.05, 3.63) is 35.8 Å². The standard InChI is InChI=1S/C28H32FN5O5/c29-17-1-4-19-16(11-17)13-21(32-19)27(39)34-10-8-28(6-7-28)14-22(34)25(37)33-20(12-15-5-9-30-24(15)36)23(35)26(38)31-18-2-3-18/h1,4,11,13,15,18,20,22,32H,2-3,5-10,12,14H2,(H,30,36)(H,31,38)(H,33,37). The lowest BCUT2D eigenvalue weighted by atomic mass is 9.86. The van der Waals surface area contributed by atoms with E-state index in [0.717, 1.165) is 32.1 Å². The Morgan fingerprint density at radius 2 is 1.90 bits per heavy atom. The number of hydrogen-bond acceptors (Lipinski definition) is 5. The normalized spacial score (nSPS) is 24.3. The molecule has 2 saturated heterocycles. The van der Waals surface area contributed by atoms with Gasteiger partial charge in [0.25, 0.3) is 11.8 Å². The van der Waals surface area contributed by atoms with Crippen molar-refractivity contribution in [1.29, 1.82) is 0 Å². The lowest BCUT2D eigenvalue weighted by Crippen LogP contribution is -2.58. The van der Waals surface area contributed by atoms with Gasteiger partial charge in [0.05, 0.1) is 6.04 Å². The van der Waals surface area contributed by atoms with E-state index in [1.54, 1.807) is 12.1 Å². The lowest BCUT2D eigenvalue weighted by molar-refractivity contribution is -0.141. The van der Waals surface area contributed by atoms with Gasteiger partial charge in [-0.1, -0.05) is 0 Å². The van der Waals surface area contributed by atoms with E-state index in [1.165, 1.54) is 17.0 Å². The molecule has 3 unspecified atom stereocenters. The number of Topliss-reactive ketones (excluding diaryl/α,β-unsaturated/α-hetero) is 1. The van der Waals surface area contributed by atoms with Crippen LogP contribution in [-0.4, -0.2) is 70.5 Å². The number of aromatic amines is 1. The van der Waals surface area contributed by atoms with Gasteiger partial charge < -0.3 is 25.8 Å². The van der Waals surface area contributed by atoms with Gasteiger partial charge in [-0.2, -0.15) is 0 Å². The zero-order valence-electron chi connectivity index (χ0n) is 21.6. The molecule has 2 aliphatic carbocycles. The average molecular weight is 538 g/mol. The van der Waals surface area contributed by atoms with Crippen molar-refractivity contribution in [3.8, 4) is 0 Å². The van der Waals surface area contributed by atoms with Gasteiger partial charge in [-0.3, -0.25) is 24.0 Å². The summed E-state index contributed by atoms with van der Waals surface area (Å²) in [4.78, 5) is 69.9. The van der Waals surface area contributed by atoms with Crippen LogP contribution >= 0.6 is 0 Å². The number of nitrogens with zero attached hydrogens (tertiary/aromatic N) is 1. The largest absolute Gasteiger partial charge is 0.356 e. The smallest absolute Gasteiger partial charge is 0.289 e. The van der Waals surface area contributed by atoms with E-state index in [9.17, 15) is 28.4 Å². The molecule has 3 heterocycles. The Labute approximate surface area is 224 Å². The number of amides is 4. The maximum atomic E-state index is 13.8. The van der Waals surface area contributed by atoms with Crippen LogP contribution in [0.1, 0.15) is 61.9 Å². The van der Waals surface area contributed by atoms with E-state index in [2.05, 4.69) is 20.9 Å². The highest BCUT2D eigenvalue weighted by molar-refractivity contribution is 6.38. The summed E-state index contributed by atoms with van der Waals surface area (Å²) in [6.07, 6.45) is 5.32. The Kier molecular flexibility index (Phi) is 6.39. The van der Waals surface area contributed by atoms with Crippen LogP contribution in [0, 0.1) is 17.2 Å². The third kappa shape index (κ3) is 5.26. The van der Waals surface area contributed by atoms with Crippen molar-refractivity contribution in [3.63, 3.8) is 0 Å². The first-order valence-corrected chi connectivity index (χ1v) is 13.7. The zero-order chi connectivity index (χ0) is 27.3. The third-order valence-electron chi connectivity index (χ3n) is 8.67. The molecule has 6 rings (SSSR count).